The van der Waals surface area contributed by atoms with E-state index >= 15 is 0 Å². The van der Waals surface area contributed by atoms with Crippen molar-refractivity contribution in [2.24, 2.45) is 0 Å². The number of rotatable bonds is 7. The molecule has 1 fully saturated rings. The summed E-state index contributed by atoms with van der Waals surface area (Å²) in [5, 5.41) is 8.92. The SMILES string of the molecule is CN1CCC(Nc2nccc(-c3cccnc3Oc3ccc(Nc4nc5ccccc5[nH]4)c4ccccc34)n2)CC1. The standard InChI is InChI=1S/C32H30N8O/c1-40-19-15-21(16-20-40)35-31-34-18-14-26(36-31)24-9-6-17-33-30(24)41-29-13-12-25(22-7-2-3-8-23(22)29)37-32-38-27-10-4-5-11-28(27)39-32/h2-14,17-18,21H,15-16,19-20H2,1H3,(H,34,35,36)(H2,37,38,39). The van der Waals surface area contributed by atoms with Gasteiger partial charge in [-0.1, -0.05) is 36.4 Å². The van der Waals surface area contributed by atoms with Gasteiger partial charge in [-0.25, -0.2) is 19.9 Å². The van der Waals surface area contributed by atoms with Crippen molar-refractivity contribution < 1.29 is 4.74 Å². The Bertz CT molecular complexity index is 1790. The molecule has 3 N–H and O–H groups in total. The number of pyridine rings is 1. The summed E-state index contributed by atoms with van der Waals surface area (Å²) in [6, 6.07) is 26.2. The highest BCUT2D eigenvalue weighted by Gasteiger charge is 2.18. The third kappa shape index (κ3) is 5.27. The smallest absolute Gasteiger partial charge is 0.228 e. The highest BCUT2D eigenvalue weighted by atomic mass is 16.5. The zero-order valence-corrected chi connectivity index (χ0v) is 22.7. The van der Waals surface area contributed by atoms with Crippen molar-refractivity contribution in [2.45, 2.75) is 18.9 Å². The molecule has 0 amide bonds. The summed E-state index contributed by atoms with van der Waals surface area (Å²) in [5.41, 5.74) is 4.38. The average molecular weight is 543 g/mol. The van der Waals surface area contributed by atoms with Crippen LogP contribution in [0.3, 0.4) is 0 Å². The topological polar surface area (TPSA) is 104 Å². The minimum Gasteiger partial charge on any atom is -0.438 e. The van der Waals surface area contributed by atoms with Crippen LogP contribution in [0.1, 0.15) is 12.8 Å². The van der Waals surface area contributed by atoms with Crippen molar-refractivity contribution in [2.75, 3.05) is 30.8 Å². The van der Waals surface area contributed by atoms with Crippen LogP contribution < -0.4 is 15.4 Å². The first-order chi connectivity index (χ1) is 20.2. The van der Waals surface area contributed by atoms with Gasteiger partial charge in [0.2, 0.25) is 17.8 Å². The Hall–Kier alpha value is -5.02. The molecule has 0 spiro atoms. The summed E-state index contributed by atoms with van der Waals surface area (Å²) in [7, 11) is 2.16. The van der Waals surface area contributed by atoms with Gasteiger partial charge < -0.3 is 25.3 Å². The number of hydrogen-bond donors (Lipinski definition) is 3. The number of aromatic nitrogens is 5. The van der Waals surface area contributed by atoms with E-state index in [0.29, 0.717) is 29.6 Å². The van der Waals surface area contributed by atoms with Crippen LogP contribution >= 0.6 is 0 Å². The zero-order valence-electron chi connectivity index (χ0n) is 22.7. The predicted molar refractivity (Wildman–Crippen MR) is 163 cm³/mol. The van der Waals surface area contributed by atoms with Crippen LogP contribution in [0.15, 0.2) is 91.3 Å². The number of piperidine rings is 1. The second-order valence-electron chi connectivity index (χ2n) is 10.3. The summed E-state index contributed by atoms with van der Waals surface area (Å²) < 4.78 is 6.48. The van der Waals surface area contributed by atoms with Crippen molar-refractivity contribution in [1.82, 2.24) is 29.8 Å². The number of para-hydroxylation sites is 2. The molecular formula is C32H30N8O. The van der Waals surface area contributed by atoms with E-state index in [0.717, 1.165) is 64.7 Å². The van der Waals surface area contributed by atoms with Gasteiger partial charge in [0, 0.05) is 34.9 Å². The molecule has 4 heterocycles. The first-order valence-electron chi connectivity index (χ1n) is 13.8. The van der Waals surface area contributed by atoms with Crippen LogP contribution in [0.2, 0.25) is 0 Å². The first kappa shape index (κ1) is 25.0. The molecule has 7 rings (SSSR count). The molecule has 0 unspecified atom stereocenters. The molecule has 1 saturated heterocycles. The van der Waals surface area contributed by atoms with Crippen molar-refractivity contribution in [1.29, 1.82) is 0 Å². The van der Waals surface area contributed by atoms with E-state index in [2.05, 4.69) is 48.6 Å². The Morgan fingerprint density at radius 1 is 0.829 bits per heavy atom. The van der Waals surface area contributed by atoms with Gasteiger partial charge in [0.15, 0.2) is 0 Å². The van der Waals surface area contributed by atoms with E-state index in [4.69, 9.17) is 9.72 Å². The number of nitrogens with one attached hydrogen (secondary N) is 3. The van der Waals surface area contributed by atoms with Gasteiger partial charge in [0.05, 0.1) is 22.3 Å². The Labute approximate surface area is 237 Å². The number of anilines is 3. The molecule has 1 aliphatic rings. The highest BCUT2D eigenvalue weighted by Crippen LogP contribution is 2.37. The van der Waals surface area contributed by atoms with E-state index in [1.807, 2.05) is 72.8 Å². The molecule has 0 radical (unpaired) electrons. The van der Waals surface area contributed by atoms with Gasteiger partial charge in [0.1, 0.15) is 5.75 Å². The quantitative estimate of drug-likeness (QED) is 0.207. The maximum Gasteiger partial charge on any atom is 0.228 e. The molecule has 3 aromatic carbocycles. The van der Waals surface area contributed by atoms with E-state index in [-0.39, 0.29) is 0 Å². The number of imidazole rings is 1. The van der Waals surface area contributed by atoms with Gasteiger partial charge in [-0.15, -0.1) is 0 Å². The lowest BCUT2D eigenvalue weighted by atomic mass is 10.1. The summed E-state index contributed by atoms with van der Waals surface area (Å²) in [4.78, 5) is 24.2. The Balaban J connectivity index is 1.17. The van der Waals surface area contributed by atoms with E-state index in [9.17, 15) is 0 Å². The van der Waals surface area contributed by atoms with Crippen molar-refractivity contribution in [3.63, 3.8) is 0 Å². The number of ether oxygens (including phenoxy) is 1. The summed E-state index contributed by atoms with van der Waals surface area (Å²) in [6.07, 6.45) is 5.65. The number of H-pyrrole nitrogens is 1. The van der Waals surface area contributed by atoms with Gasteiger partial charge in [0.25, 0.3) is 0 Å². The Morgan fingerprint density at radius 2 is 1.66 bits per heavy atom. The molecule has 41 heavy (non-hydrogen) atoms. The fourth-order valence-corrected chi connectivity index (χ4v) is 5.29. The predicted octanol–water partition coefficient (Wildman–Crippen LogP) is 6.61. The van der Waals surface area contributed by atoms with Crippen LogP contribution in [-0.4, -0.2) is 56.0 Å². The molecule has 0 atom stereocenters. The van der Waals surface area contributed by atoms with E-state index in [1.165, 1.54) is 0 Å². The minimum atomic E-state index is 0.365. The number of nitrogens with zero attached hydrogens (tertiary/aromatic N) is 5. The molecule has 0 bridgehead atoms. The lowest BCUT2D eigenvalue weighted by Gasteiger charge is -2.29. The molecule has 9 heteroatoms. The first-order valence-corrected chi connectivity index (χ1v) is 13.8. The van der Waals surface area contributed by atoms with Gasteiger partial charge in [-0.05, 0) is 75.4 Å². The fraction of sp³-hybridized carbons (Fsp3) is 0.188. The van der Waals surface area contributed by atoms with Crippen LogP contribution in [-0.2, 0) is 0 Å². The normalized spacial score (nSPS) is 14.4. The number of hydrogen-bond acceptors (Lipinski definition) is 8. The molecular weight excluding hydrogens is 512 g/mol. The molecule has 9 nitrogen and oxygen atoms in total. The minimum absolute atomic E-state index is 0.365. The Kier molecular flexibility index (Phi) is 6.62. The second kappa shape index (κ2) is 10.9. The third-order valence-corrected chi connectivity index (χ3v) is 7.49. The summed E-state index contributed by atoms with van der Waals surface area (Å²) in [5.74, 6) is 2.50. The van der Waals surface area contributed by atoms with Gasteiger partial charge >= 0.3 is 0 Å². The number of benzene rings is 3. The molecule has 1 aliphatic heterocycles. The summed E-state index contributed by atoms with van der Waals surface area (Å²) in [6.45, 7) is 2.14. The Morgan fingerprint density at radius 3 is 2.54 bits per heavy atom. The number of fused-ring (bicyclic) bond motifs is 2. The van der Waals surface area contributed by atoms with Crippen LogP contribution in [0.5, 0.6) is 11.6 Å². The maximum atomic E-state index is 6.48. The monoisotopic (exact) mass is 542 g/mol. The zero-order chi connectivity index (χ0) is 27.6. The van der Waals surface area contributed by atoms with Gasteiger partial charge in [-0.3, -0.25) is 0 Å². The van der Waals surface area contributed by atoms with Crippen LogP contribution in [0.4, 0.5) is 17.6 Å². The lowest BCUT2D eigenvalue weighted by molar-refractivity contribution is 0.263. The molecule has 6 aromatic rings. The molecule has 0 saturated carbocycles. The summed E-state index contributed by atoms with van der Waals surface area (Å²) >= 11 is 0. The third-order valence-electron chi connectivity index (χ3n) is 7.49. The van der Waals surface area contributed by atoms with Crippen LogP contribution in [0.25, 0.3) is 33.1 Å². The molecule has 3 aromatic heterocycles. The second-order valence-corrected chi connectivity index (χ2v) is 10.3. The number of aromatic amines is 1. The van der Waals surface area contributed by atoms with E-state index < -0.39 is 0 Å². The molecule has 204 valence electrons. The lowest BCUT2D eigenvalue weighted by Crippen LogP contribution is -2.37. The fourth-order valence-electron chi connectivity index (χ4n) is 5.29. The number of likely N-dealkylation sites (tertiary alicyclic amines) is 1. The van der Waals surface area contributed by atoms with Gasteiger partial charge in [-0.2, -0.15) is 0 Å². The van der Waals surface area contributed by atoms with E-state index in [1.54, 1.807) is 12.4 Å². The van der Waals surface area contributed by atoms with Crippen molar-refractivity contribution in [3.05, 3.63) is 91.3 Å². The highest BCUT2D eigenvalue weighted by molar-refractivity contribution is 5.99. The van der Waals surface area contributed by atoms with Crippen molar-refractivity contribution in [3.8, 4) is 22.9 Å². The maximum absolute atomic E-state index is 6.48. The molecule has 0 aliphatic carbocycles. The largest absolute Gasteiger partial charge is 0.438 e. The van der Waals surface area contributed by atoms with Crippen molar-refractivity contribution >= 4 is 39.4 Å². The average Bonchev–Trinajstić information content (AvgIpc) is 3.42. The van der Waals surface area contributed by atoms with Crippen LogP contribution in [0, 0.1) is 0 Å².